The van der Waals surface area contributed by atoms with Gasteiger partial charge in [0.15, 0.2) is 0 Å². The van der Waals surface area contributed by atoms with Crippen molar-refractivity contribution in [3.8, 4) is 5.75 Å². The van der Waals surface area contributed by atoms with Crippen LogP contribution < -0.4 is 9.64 Å². The van der Waals surface area contributed by atoms with E-state index in [1.807, 2.05) is 24.0 Å². The molecule has 2 aromatic carbocycles. The van der Waals surface area contributed by atoms with Gasteiger partial charge >= 0.3 is 0 Å². The summed E-state index contributed by atoms with van der Waals surface area (Å²) in [5, 5.41) is 0. The SMILES string of the molecule is COc1cc2c(cc1C)CC[C@@H]1Cc3ccccc3N1C2=O. The number of nitrogens with zero attached hydrogens (tertiary/aromatic N) is 1. The summed E-state index contributed by atoms with van der Waals surface area (Å²) in [5.41, 5.74) is 5.39. The van der Waals surface area contributed by atoms with E-state index < -0.39 is 0 Å². The van der Waals surface area contributed by atoms with Gasteiger partial charge in [0.25, 0.3) is 5.91 Å². The highest BCUT2D eigenvalue weighted by molar-refractivity contribution is 6.09. The van der Waals surface area contributed by atoms with Crippen LogP contribution >= 0.6 is 0 Å². The molecule has 2 aromatic rings. The van der Waals surface area contributed by atoms with Crippen molar-refractivity contribution in [2.75, 3.05) is 12.0 Å². The Kier molecular flexibility index (Phi) is 2.96. The summed E-state index contributed by atoms with van der Waals surface area (Å²) in [6, 6.07) is 12.6. The number of aryl methyl sites for hydroxylation is 2. The summed E-state index contributed by atoms with van der Waals surface area (Å²) in [6.07, 6.45) is 2.92. The number of carbonyl (C=O) groups is 1. The second-order valence-electron chi connectivity index (χ2n) is 6.18. The molecule has 0 radical (unpaired) electrons. The second-order valence-corrected chi connectivity index (χ2v) is 6.18. The van der Waals surface area contributed by atoms with Crippen molar-refractivity contribution in [1.82, 2.24) is 0 Å². The number of fused-ring (bicyclic) bond motifs is 4. The summed E-state index contributed by atoms with van der Waals surface area (Å²) in [6.45, 7) is 2.03. The number of methoxy groups -OCH3 is 1. The van der Waals surface area contributed by atoms with Gasteiger partial charge in [0.05, 0.1) is 7.11 Å². The van der Waals surface area contributed by atoms with Crippen molar-refractivity contribution in [1.29, 1.82) is 0 Å². The average molecular weight is 293 g/mol. The first-order valence-corrected chi connectivity index (χ1v) is 7.78. The van der Waals surface area contributed by atoms with Crippen molar-refractivity contribution in [2.24, 2.45) is 0 Å². The van der Waals surface area contributed by atoms with E-state index in [0.29, 0.717) is 0 Å². The summed E-state index contributed by atoms with van der Waals surface area (Å²) < 4.78 is 5.41. The first kappa shape index (κ1) is 13.4. The Morgan fingerprint density at radius 2 is 2.00 bits per heavy atom. The Labute approximate surface area is 130 Å². The summed E-state index contributed by atoms with van der Waals surface area (Å²) in [5.74, 6) is 0.902. The number of benzene rings is 2. The predicted molar refractivity (Wildman–Crippen MR) is 86.8 cm³/mol. The van der Waals surface area contributed by atoms with Crippen LogP contribution in [0.4, 0.5) is 5.69 Å². The molecule has 0 N–H and O–H groups in total. The lowest BCUT2D eigenvalue weighted by atomic mass is 9.98. The Morgan fingerprint density at radius 3 is 2.82 bits per heavy atom. The maximum atomic E-state index is 13.1. The molecule has 3 nitrogen and oxygen atoms in total. The van der Waals surface area contributed by atoms with Crippen LogP contribution in [0.25, 0.3) is 0 Å². The van der Waals surface area contributed by atoms with Crippen LogP contribution in [0.15, 0.2) is 36.4 Å². The van der Waals surface area contributed by atoms with Crippen molar-refractivity contribution in [3.05, 3.63) is 58.7 Å². The molecule has 2 heterocycles. The average Bonchev–Trinajstić information content (AvgIpc) is 2.84. The van der Waals surface area contributed by atoms with Gasteiger partial charge in [-0.1, -0.05) is 24.3 Å². The molecule has 0 spiro atoms. The molecule has 22 heavy (non-hydrogen) atoms. The summed E-state index contributed by atoms with van der Waals surface area (Å²) in [7, 11) is 1.66. The quantitative estimate of drug-likeness (QED) is 0.805. The number of hydrogen-bond donors (Lipinski definition) is 0. The van der Waals surface area contributed by atoms with Crippen LogP contribution in [-0.4, -0.2) is 19.1 Å². The normalized spacial score (nSPS) is 19.3. The molecule has 2 aliphatic heterocycles. The van der Waals surface area contributed by atoms with Gasteiger partial charge in [-0.05, 0) is 55.0 Å². The molecule has 2 aliphatic rings. The molecule has 0 aliphatic carbocycles. The number of carbonyl (C=O) groups excluding carboxylic acids is 1. The highest BCUT2D eigenvalue weighted by Gasteiger charge is 2.37. The largest absolute Gasteiger partial charge is 0.496 e. The fourth-order valence-corrected chi connectivity index (χ4v) is 3.79. The van der Waals surface area contributed by atoms with Gasteiger partial charge in [-0.25, -0.2) is 0 Å². The smallest absolute Gasteiger partial charge is 0.258 e. The monoisotopic (exact) mass is 293 g/mol. The third-order valence-electron chi connectivity index (χ3n) is 4.89. The lowest BCUT2D eigenvalue weighted by Crippen LogP contribution is -2.36. The van der Waals surface area contributed by atoms with E-state index in [1.54, 1.807) is 7.11 Å². The molecule has 0 bridgehead atoms. The number of ether oxygens (including phenoxy) is 1. The van der Waals surface area contributed by atoms with E-state index in [2.05, 4.69) is 24.3 Å². The lowest BCUT2D eigenvalue weighted by molar-refractivity contribution is 0.0981. The minimum atomic E-state index is 0.112. The first-order valence-electron chi connectivity index (χ1n) is 7.78. The fourth-order valence-electron chi connectivity index (χ4n) is 3.79. The minimum Gasteiger partial charge on any atom is -0.496 e. The third kappa shape index (κ3) is 1.85. The van der Waals surface area contributed by atoms with Gasteiger partial charge in [-0.15, -0.1) is 0 Å². The molecule has 0 saturated heterocycles. The standard InChI is InChI=1S/C19H19NO2/c1-12-9-13-7-8-15-10-14-5-3-4-6-17(14)20(15)19(21)16(13)11-18(12)22-2/h3-6,9,11,15H,7-8,10H2,1-2H3/t15-/m1/s1. The zero-order valence-corrected chi connectivity index (χ0v) is 12.9. The second kappa shape index (κ2) is 4.87. The molecule has 0 aromatic heterocycles. The van der Waals surface area contributed by atoms with Gasteiger partial charge in [0.2, 0.25) is 0 Å². The molecule has 0 saturated carbocycles. The van der Waals surface area contributed by atoms with Crippen molar-refractivity contribution >= 4 is 11.6 Å². The first-order chi connectivity index (χ1) is 10.7. The molecular weight excluding hydrogens is 274 g/mol. The number of hydrogen-bond acceptors (Lipinski definition) is 2. The highest BCUT2D eigenvalue weighted by atomic mass is 16.5. The van der Waals surface area contributed by atoms with Crippen LogP contribution in [0.5, 0.6) is 5.75 Å². The van der Waals surface area contributed by atoms with Crippen LogP contribution in [0.3, 0.4) is 0 Å². The molecule has 0 fully saturated rings. The fraction of sp³-hybridized carbons (Fsp3) is 0.316. The number of anilines is 1. The van der Waals surface area contributed by atoms with Crippen molar-refractivity contribution in [2.45, 2.75) is 32.2 Å². The maximum Gasteiger partial charge on any atom is 0.258 e. The summed E-state index contributed by atoms with van der Waals surface area (Å²) >= 11 is 0. The van der Waals surface area contributed by atoms with Crippen LogP contribution in [-0.2, 0) is 12.8 Å². The molecule has 112 valence electrons. The molecule has 0 unspecified atom stereocenters. The summed E-state index contributed by atoms with van der Waals surface area (Å²) in [4.78, 5) is 15.1. The molecular formula is C19H19NO2. The Bertz CT molecular complexity index is 766. The third-order valence-corrected chi connectivity index (χ3v) is 4.89. The zero-order chi connectivity index (χ0) is 15.3. The zero-order valence-electron chi connectivity index (χ0n) is 12.9. The minimum absolute atomic E-state index is 0.112. The lowest BCUT2D eigenvalue weighted by Gasteiger charge is -2.23. The van der Waals surface area contributed by atoms with E-state index >= 15 is 0 Å². The van der Waals surface area contributed by atoms with E-state index in [4.69, 9.17) is 4.74 Å². The molecule has 3 heteroatoms. The molecule has 1 atom stereocenters. The van der Waals surface area contributed by atoms with E-state index in [9.17, 15) is 4.79 Å². The number of rotatable bonds is 1. The Hall–Kier alpha value is -2.29. The highest BCUT2D eigenvalue weighted by Crippen LogP contribution is 2.38. The van der Waals surface area contributed by atoms with Crippen molar-refractivity contribution < 1.29 is 9.53 Å². The van der Waals surface area contributed by atoms with Crippen molar-refractivity contribution in [3.63, 3.8) is 0 Å². The topological polar surface area (TPSA) is 29.5 Å². The maximum absolute atomic E-state index is 13.1. The van der Waals surface area contributed by atoms with E-state index in [-0.39, 0.29) is 11.9 Å². The van der Waals surface area contributed by atoms with E-state index in [1.165, 1.54) is 5.56 Å². The van der Waals surface area contributed by atoms with Gasteiger partial charge in [-0.3, -0.25) is 4.79 Å². The van der Waals surface area contributed by atoms with Crippen LogP contribution in [0.1, 0.15) is 33.5 Å². The Morgan fingerprint density at radius 1 is 1.18 bits per heavy atom. The van der Waals surface area contributed by atoms with Crippen LogP contribution in [0, 0.1) is 6.92 Å². The predicted octanol–water partition coefficient (Wildman–Crippen LogP) is 3.52. The van der Waals surface area contributed by atoms with Gasteiger partial charge in [-0.2, -0.15) is 0 Å². The Balaban J connectivity index is 1.85. The molecule has 4 rings (SSSR count). The molecule has 1 amide bonds. The number of para-hydroxylation sites is 1. The van der Waals surface area contributed by atoms with Gasteiger partial charge < -0.3 is 9.64 Å². The van der Waals surface area contributed by atoms with Crippen LogP contribution in [0.2, 0.25) is 0 Å². The van der Waals surface area contributed by atoms with E-state index in [0.717, 1.165) is 47.4 Å². The van der Waals surface area contributed by atoms with Gasteiger partial charge in [0.1, 0.15) is 5.75 Å². The number of amides is 1. The van der Waals surface area contributed by atoms with Gasteiger partial charge in [0, 0.05) is 17.3 Å².